The second-order valence-corrected chi connectivity index (χ2v) is 4.27. The van der Waals surface area contributed by atoms with E-state index < -0.39 is 5.76 Å². The number of hydrogen-bond donors (Lipinski definition) is 3. The fraction of sp³-hybridized carbons (Fsp3) is 0.364. The number of fused-ring (bicyclic) bond motifs is 1. The summed E-state index contributed by atoms with van der Waals surface area (Å²) in [6.45, 7) is 0.942. The second-order valence-electron chi connectivity index (χ2n) is 4.27. The molecule has 1 fully saturated rings. The fourth-order valence-electron chi connectivity index (χ4n) is 1.74. The largest absolute Gasteiger partial charge is 0.417 e. The molecule has 1 aliphatic carbocycles. The maximum Gasteiger partial charge on any atom is 0.417 e. The van der Waals surface area contributed by atoms with E-state index in [1.165, 1.54) is 12.8 Å². The van der Waals surface area contributed by atoms with Crippen LogP contribution in [-0.2, 0) is 0 Å². The number of rotatable bonds is 3. The summed E-state index contributed by atoms with van der Waals surface area (Å²) in [6, 6.07) is 3.49. The van der Waals surface area contributed by atoms with E-state index in [-0.39, 0.29) is 0 Å². The minimum atomic E-state index is -0.450. The van der Waals surface area contributed by atoms with Gasteiger partial charge in [0.05, 0.1) is 16.9 Å². The Morgan fingerprint density at radius 2 is 2.31 bits per heavy atom. The van der Waals surface area contributed by atoms with Gasteiger partial charge < -0.3 is 15.5 Å². The third kappa shape index (κ3) is 1.64. The molecule has 16 heavy (non-hydrogen) atoms. The molecule has 0 amide bonds. The van der Waals surface area contributed by atoms with Crippen LogP contribution in [0.1, 0.15) is 12.8 Å². The lowest BCUT2D eigenvalue weighted by molar-refractivity contribution is 0.555. The summed E-state index contributed by atoms with van der Waals surface area (Å²) in [5.41, 5.74) is 8.51. The van der Waals surface area contributed by atoms with Crippen molar-refractivity contribution in [2.24, 2.45) is 5.92 Å². The summed E-state index contributed by atoms with van der Waals surface area (Å²) in [5, 5.41) is 3.29. The molecule has 4 N–H and O–H groups in total. The zero-order chi connectivity index (χ0) is 11.1. The maximum atomic E-state index is 11.0. The van der Waals surface area contributed by atoms with Gasteiger partial charge in [-0.1, -0.05) is 0 Å². The number of aromatic amines is 1. The first kappa shape index (κ1) is 9.33. The lowest BCUT2D eigenvalue weighted by Crippen LogP contribution is -2.05. The zero-order valence-electron chi connectivity index (χ0n) is 8.75. The van der Waals surface area contributed by atoms with E-state index in [1.54, 1.807) is 6.07 Å². The van der Waals surface area contributed by atoms with Crippen LogP contribution in [0, 0.1) is 5.92 Å². The number of hydrogen-bond acceptors (Lipinski definition) is 4. The molecule has 5 nitrogen and oxygen atoms in total. The van der Waals surface area contributed by atoms with E-state index >= 15 is 0 Å². The highest BCUT2D eigenvalue weighted by Crippen LogP contribution is 2.30. The van der Waals surface area contributed by atoms with Crippen molar-refractivity contribution >= 4 is 22.5 Å². The van der Waals surface area contributed by atoms with Gasteiger partial charge in [-0.05, 0) is 24.8 Å². The summed E-state index contributed by atoms with van der Waals surface area (Å²) in [7, 11) is 0. The molecule has 84 valence electrons. The van der Waals surface area contributed by atoms with Crippen LogP contribution >= 0.6 is 0 Å². The van der Waals surface area contributed by atoms with Crippen LogP contribution in [0.2, 0.25) is 0 Å². The molecule has 1 aromatic carbocycles. The van der Waals surface area contributed by atoms with Gasteiger partial charge in [-0.15, -0.1) is 0 Å². The standard InChI is InChI=1S/C11H13N3O2/c12-7-3-10-9(14-11(15)16-10)4-8(7)13-5-6-1-2-6/h3-4,6,13H,1-2,5,12H2,(H,14,15). The van der Waals surface area contributed by atoms with Crippen molar-refractivity contribution < 1.29 is 4.42 Å². The lowest BCUT2D eigenvalue weighted by Gasteiger charge is -2.07. The molecule has 0 radical (unpaired) electrons. The molecule has 3 rings (SSSR count). The molecule has 1 aliphatic rings. The van der Waals surface area contributed by atoms with Crippen molar-refractivity contribution in [2.75, 3.05) is 17.6 Å². The van der Waals surface area contributed by atoms with Crippen LogP contribution in [0.15, 0.2) is 21.3 Å². The molecule has 1 aromatic heterocycles. The Hall–Kier alpha value is -1.91. The molecule has 0 aliphatic heterocycles. The number of nitrogens with two attached hydrogens (primary N) is 1. The third-order valence-corrected chi connectivity index (χ3v) is 2.87. The van der Waals surface area contributed by atoms with Crippen LogP contribution in [0.5, 0.6) is 0 Å². The normalized spacial score (nSPS) is 15.5. The van der Waals surface area contributed by atoms with E-state index in [1.807, 2.05) is 6.07 Å². The highest BCUT2D eigenvalue weighted by atomic mass is 16.4. The van der Waals surface area contributed by atoms with Gasteiger partial charge in [-0.3, -0.25) is 4.98 Å². The minimum absolute atomic E-state index is 0.450. The Morgan fingerprint density at radius 1 is 1.50 bits per heavy atom. The van der Waals surface area contributed by atoms with Gasteiger partial charge in [0.2, 0.25) is 0 Å². The van der Waals surface area contributed by atoms with Gasteiger partial charge in [-0.2, -0.15) is 0 Å². The van der Waals surface area contributed by atoms with Crippen LogP contribution in [0.3, 0.4) is 0 Å². The first-order valence-corrected chi connectivity index (χ1v) is 5.38. The summed E-state index contributed by atoms with van der Waals surface area (Å²) < 4.78 is 4.92. The molecule has 0 spiro atoms. The molecule has 0 unspecified atom stereocenters. The average molecular weight is 219 g/mol. The molecule has 0 bridgehead atoms. The van der Waals surface area contributed by atoms with Crippen LogP contribution in [-0.4, -0.2) is 11.5 Å². The molecule has 0 atom stereocenters. The Morgan fingerprint density at radius 3 is 3.06 bits per heavy atom. The number of aromatic nitrogens is 1. The van der Waals surface area contributed by atoms with Gasteiger partial charge >= 0.3 is 5.76 Å². The molecule has 1 heterocycles. The second kappa shape index (κ2) is 3.30. The van der Waals surface area contributed by atoms with Crippen molar-refractivity contribution in [2.45, 2.75) is 12.8 Å². The number of anilines is 2. The SMILES string of the molecule is Nc1cc2oc(=O)[nH]c2cc1NCC1CC1. The molecular formula is C11H13N3O2. The molecule has 5 heteroatoms. The quantitative estimate of drug-likeness (QED) is 0.683. The van der Waals surface area contributed by atoms with Crippen molar-refractivity contribution in [3.05, 3.63) is 22.7 Å². The highest BCUT2D eigenvalue weighted by Gasteiger charge is 2.21. The Labute approximate surface area is 91.6 Å². The monoisotopic (exact) mass is 219 g/mol. The van der Waals surface area contributed by atoms with E-state index in [0.29, 0.717) is 16.8 Å². The highest BCUT2D eigenvalue weighted by molar-refractivity contribution is 5.85. The molecular weight excluding hydrogens is 206 g/mol. The topological polar surface area (TPSA) is 84.0 Å². The summed E-state index contributed by atoms with van der Waals surface area (Å²) in [4.78, 5) is 13.6. The number of H-pyrrole nitrogens is 1. The number of nitrogen functional groups attached to an aromatic ring is 1. The predicted molar refractivity (Wildman–Crippen MR) is 62.5 cm³/mol. The van der Waals surface area contributed by atoms with E-state index in [0.717, 1.165) is 18.2 Å². The van der Waals surface area contributed by atoms with Crippen LogP contribution < -0.4 is 16.8 Å². The summed E-state index contributed by atoms with van der Waals surface area (Å²) >= 11 is 0. The van der Waals surface area contributed by atoms with E-state index in [9.17, 15) is 4.79 Å². The van der Waals surface area contributed by atoms with Crippen molar-refractivity contribution in [1.82, 2.24) is 4.98 Å². The average Bonchev–Trinajstić information content (AvgIpc) is 2.98. The van der Waals surface area contributed by atoms with Gasteiger partial charge in [0.15, 0.2) is 5.58 Å². The van der Waals surface area contributed by atoms with Crippen molar-refractivity contribution in [1.29, 1.82) is 0 Å². The van der Waals surface area contributed by atoms with Crippen LogP contribution in [0.25, 0.3) is 11.1 Å². The van der Waals surface area contributed by atoms with Crippen LogP contribution in [0.4, 0.5) is 11.4 Å². The number of benzene rings is 1. The van der Waals surface area contributed by atoms with Crippen molar-refractivity contribution in [3.8, 4) is 0 Å². The fourth-order valence-corrected chi connectivity index (χ4v) is 1.74. The predicted octanol–water partition coefficient (Wildman–Crippen LogP) is 1.53. The van der Waals surface area contributed by atoms with Gasteiger partial charge in [0.25, 0.3) is 0 Å². The Kier molecular flexibility index (Phi) is 1.92. The smallest absolute Gasteiger partial charge is 0.408 e. The third-order valence-electron chi connectivity index (χ3n) is 2.87. The number of oxazole rings is 1. The summed E-state index contributed by atoms with van der Waals surface area (Å²) in [6.07, 6.45) is 2.58. The number of nitrogens with one attached hydrogen (secondary N) is 2. The molecule has 1 saturated carbocycles. The first-order valence-electron chi connectivity index (χ1n) is 5.38. The summed E-state index contributed by atoms with van der Waals surface area (Å²) in [5.74, 6) is 0.326. The van der Waals surface area contributed by atoms with E-state index in [2.05, 4.69) is 10.3 Å². The van der Waals surface area contributed by atoms with Gasteiger partial charge in [0, 0.05) is 12.6 Å². The molecule has 0 saturated heterocycles. The minimum Gasteiger partial charge on any atom is -0.408 e. The Bertz CT molecular complexity index is 580. The van der Waals surface area contributed by atoms with Crippen molar-refractivity contribution in [3.63, 3.8) is 0 Å². The zero-order valence-corrected chi connectivity index (χ0v) is 8.75. The van der Waals surface area contributed by atoms with Gasteiger partial charge in [-0.25, -0.2) is 4.79 Å². The molecule has 2 aromatic rings. The lowest BCUT2D eigenvalue weighted by atomic mass is 10.2. The first-order chi connectivity index (χ1) is 7.72. The maximum absolute atomic E-state index is 11.0. The van der Waals surface area contributed by atoms with E-state index in [4.69, 9.17) is 10.2 Å². The Balaban J connectivity index is 1.95. The van der Waals surface area contributed by atoms with Gasteiger partial charge in [0.1, 0.15) is 0 Å².